The molecule has 4 rings (SSSR count). The maximum atomic E-state index is 12.5. The predicted molar refractivity (Wildman–Crippen MR) is 167 cm³/mol. The molecule has 0 atom stereocenters. The number of aryl methyl sites for hydroxylation is 2. The number of anilines is 2. The van der Waals surface area contributed by atoms with Crippen molar-refractivity contribution in [3.8, 4) is 11.3 Å². The zero-order valence-corrected chi connectivity index (χ0v) is 25.6. The minimum Gasteiger partial charge on any atom is -0.379 e. The summed E-state index contributed by atoms with van der Waals surface area (Å²) in [5.74, 6) is -0.198. The number of azide groups is 1. The Balaban J connectivity index is 1.14. The first kappa shape index (κ1) is 32.3. The fourth-order valence-corrected chi connectivity index (χ4v) is 5.59. The third-order valence-corrected chi connectivity index (χ3v) is 7.73. The SMILES string of the molecule is Cc1cc(N2CCC(OCCOCCOCCOCCN=[N+]=[N-])CC2)cc(C)c1-c1csc(NC(=O)c2ccncc2)n1. The maximum absolute atomic E-state index is 12.5. The van der Waals surface area contributed by atoms with Crippen LogP contribution in [0.15, 0.2) is 47.2 Å². The number of carbonyl (C=O) groups is 1. The van der Waals surface area contributed by atoms with Crippen molar-refractivity contribution in [2.24, 2.45) is 5.11 Å². The van der Waals surface area contributed by atoms with Crippen LogP contribution in [0.3, 0.4) is 0 Å². The Hall–Kier alpha value is -3.58. The van der Waals surface area contributed by atoms with E-state index < -0.39 is 0 Å². The van der Waals surface area contributed by atoms with Gasteiger partial charge in [-0.3, -0.25) is 15.1 Å². The molecule has 0 spiro atoms. The molecule has 0 bridgehead atoms. The van der Waals surface area contributed by atoms with E-state index in [1.54, 1.807) is 24.5 Å². The number of amides is 1. The molecule has 1 amide bonds. The second-order valence-electron chi connectivity index (χ2n) is 10.0. The van der Waals surface area contributed by atoms with Gasteiger partial charge in [0.05, 0.1) is 58.0 Å². The van der Waals surface area contributed by atoms with Crippen molar-refractivity contribution in [3.05, 3.63) is 69.2 Å². The largest absolute Gasteiger partial charge is 0.379 e. The fourth-order valence-electron chi connectivity index (χ4n) is 4.89. The number of nitrogens with zero attached hydrogens (tertiary/aromatic N) is 6. The molecule has 1 saturated heterocycles. The number of hydrogen-bond acceptors (Lipinski definition) is 10. The van der Waals surface area contributed by atoms with Crippen LogP contribution in [0.5, 0.6) is 0 Å². The minimum absolute atomic E-state index is 0.198. The van der Waals surface area contributed by atoms with Crippen LogP contribution in [0.2, 0.25) is 0 Å². The quantitative estimate of drug-likeness (QED) is 0.0925. The van der Waals surface area contributed by atoms with Crippen LogP contribution in [0, 0.1) is 13.8 Å². The number of benzene rings is 1. The van der Waals surface area contributed by atoms with E-state index in [1.807, 2.05) is 5.38 Å². The summed E-state index contributed by atoms with van der Waals surface area (Å²) in [5.41, 5.74) is 14.2. The lowest BCUT2D eigenvalue weighted by Gasteiger charge is -2.34. The lowest BCUT2D eigenvalue weighted by atomic mass is 9.98. The highest BCUT2D eigenvalue weighted by atomic mass is 32.1. The minimum atomic E-state index is -0.198. The summed E-state index contributed by atoms with van der Waals surface area (Å²) in [6.45, 7) is 9.90. The molecule has 2 aromatic heterocycles. The summed E-state index contributed by atoms with van der Waals surface area (Å²) in [6, 6.07) is 7.81. The number of aromatic nitrogens is 2. The van der Waals surface area contributed by atoms with Crippen molar-refractivity contribution < 1.29 is 23.7 Å². The standard InChI is InChI=1S/C30H39N7O5S/c1-22-19-25(20-23(2)28(22)27-21-43-30(34-27)35-29(38)24-3-7-32-8-4-24)37-10-5-26(6-11-37)42-18-17-41-16-15-40-14-13-39-12-9-33-36-31/h3-4,7-8,19-21,26H,5-6,9-18H2,1-2H3,(H,34,35,38). The molecule has 230 valence electrons. The Bertz CT molecular complexity index is 1320. The first-order valence-electron chi connectivity index (χ1n) is 14.4. The normalized spacial score (nSPS) is 13.6. The Morgan fingerprint density at radius 3 is 2.30 bits per heavy atom. The molecule has 0 unspecified atom stereocenters. The van der Waals surface area contributed by atoms with Gasteiger partial charge in [-0.05, 0) is 67.6 Å². The Kier molecular flexibility index (Phi) is 13.2. The highest BCUT2D eigenvalue weighted by Crippen LogP contribution is 2.34. The number of hydrogen-bond donors (Lipinski definition) is 1. The van der Waals surface area contributed by atoms with Crippen molar-refractivity contribution in [2.75, 3.05) is 76.1 Å². The monoisotopic (exact) mass is 609 g/mol. The molecule has 0 aliphatic carbocycles. The Morgan fingerprint density at radius 1 is 1.02 bits per heavy atom. The van der Waals surface area contributed by atoms with E-state index in [9.17, 15) is 4.79 Å². The molecule has 12 nitrogen and oxygen atoms in total. The summed E-state index contributed by atoms with van der Waals surface area (Å²) in [4.78, 5) is 26.2. The van der Waals surface area contributed by atoms with Gasteiger partial charge in [0.2, 0.25) is 0 Å². The number of thiazole rings is 1. The van der Waals surface area contributed by atoms with Crippen LogP contribution in [-0.2, 0) is 18.9 Å². The van der Waals surface area contributed by atoms with Crippen LogP contribution in [0.4, 0.5) is 10.8 Å². The van der Waals surface area contributed by atoms with Crippen LogP contribution < -0.4 is 10.2 Å². The highest BCUT2D eigenvalue weighted by Gasteiger charge is 2.21. The fraction of sp³-hybridized carbons (Fsp3) is 0.500. The summed E-state index contributed by atoms with van der Waals surface area (Å²) < 4.78 is 22.4. The predicted octanol–water partition coefficient (Wildman–Crippen LogP) is 5.42. The Labute approximate surface area is 256 Å². The first-order valence-corrected chi connectivity index (χ1v) is 15.3. The van der Waals surface area contributed by atoms with E-state index >= 15 is 0 Å². The molecule has 43 heavy (non-hydrogen) atoms. The summed E-state index contributed by atoms with van der Waals surface area (Å²) >= 11 is 1.42. The average Bonchev–Trinajstić information content (AvgIpc) is 3.47. The molecular formula is C30H39N7O5S. The van der Waals surface area contributed by atoms with Gasteiger partial charge in [-0.2, -0.15) is 0 Å². The second-order valence-corrected chi connectivity index (χ2v) is 10.9. The van der Waals surface area contributed by atoms with E-state index in [-0.39, 0.29) is 12.0 Å². The van der Waals surface area contributed by atoms with Gasteiger partial charge in [0, 0.05) is 59.1 Å². The molecule has 1 aromatic carbocycles. The van der Waals surface area contributed by atoms with Gasteiger partial charge in [-0.25, -0.2) is 4.98 Å². The van der Waals surface area contributed by atoms with Crippen LogP contribution in [0.25, 0.3) is 21.7 Å². The lowest BCUT2D eigenvalue weighted by molar-refractivity contribution is -0.0234. The Morgan fingerprint density at radius 2 is 1.65 bits per heavy atom. The topological polar surface area (TPSA) is 144 Å². The van der Waals surface area contributed by atoms with Gasteiger partial charge in [0.1, 0.15) is 0 Å². The molecule has 3 aromatic rings. The number of piperidine rings is 1. The first-order chi connectivity index (χ1) is 21.0. The molecule has 13 heteroatoms. The molecule has 0 saturated carbocycles. The third-order valence-electron chi connectivity index (χ3n) is 6.97. The van der Waals surface area contributed by atoms with Gasteiger partial charge in [-0.15, -0.1) is 11.3 Å². The second kappa shape index (κ2) is 17.5. The van der Waals surface area contributed by atoms with E-state index in [4.69, 9.17) is 29.5 Å². The van der Waals surface area contributed by atoms with E-state index in [0.717, 1.165) is 48.3 Å². The van der Waals surface area contributed by atoms with Gasteiger partial charge in [0.25, 0.3) is 5.91 Å². The van der Waals surface area contributed by atoms with Crippen molar-refractivity contribution in [3.63, 3.8) is 0 Å². The van der Waals surface area contributed by atoms with Gasteiger partial charge >= 0.3 is 0 Å². The van der Waals surface area contributed by atoms with E-state index in [2.05, 4.69) is 51.2 Å². The number of nitrogens with one attached hydrogen (secondary N) is 1. The van der Waals surface area contributed by atoms with Crippen molar-refractivity contribution >= 4 is 28.1 Å². The number of ether oxygens (including phenoxy) is 4. The van der Waals surface area contributed by atoms with Crippen molar-refractivity contribution in [2.45, 2.75) is 32.8 Å². The smallest absolute Gasteiger partial charge is 0.257 e. The third kappa shape index (κ3) is 10.3. The van der Waals surface area contributed by atoms with E-state index in [1.165, 1.54) is 17.0 Å². The van der Waals surface area contributed by atoms with Crippen molar-refractivity contribution in [1.29, 1.82) is 0 Å². The highest BCUT2D eigenvalue weighted by molar-refractivity contribution is 7.14. The zero-order valence-electron chi connectivity index (χ0n) is 24.7. The van der Waals surface area contributed by atoms with E-state index in [0.29, 0.717) is 63.5 Å². The lowest BCUT2D eigenvalue weighted by Crippen LogP contribution is -2.37. The summed E-state index contributed by atoms with van der Waals surface area (Å²) in [5, 5.41) is 8.85. The van der Waals surface area contributed by atoms with Gasteiger partial charge in [-0.1, -0.05) is 5.11 Å². The average molecular weight is 610 g/mol. The molecule has 1 aliphatic rings. The molecular weight excluding hydrogens is 570 g/mol. The summed E-state index contributed by atoms with van der Waals surface area (Å²) in [7, 11) is 0. The number of carbonyl (C=O) groups excluding carboxylic acids is 1. The van der Waals surface area contributed by atoms with Gasteiger partial charge < -0.3 is 23.8 Å². The van der Waals surface area contributed by atoms with Crippen molar-refractivity contribution in [1.82, 2.24) is 9.97 Å². The maximum Gasteiger partial charge on any atom is 0.257 e. The van der Waals surface area contributed by atoms with Crippen LogP contribution in [-0.4, -0.2) is 87.9 Å². The summed E-state index contributed by atoms with van der Waals surface area (Å²) in [6.07, 6.45) is 5.36. The molecule has 1 aliphatic heterocycles. The zero-order chi connectivity index (χ0) is 30.3. The molecule has 3 heterocycles. The van der Waals surface area contributed by atoms with Crippen LogP contribution in [0.1, 0.15) is 34.3 Å². The number of rotatable bonds is 17. The number of pyridine rings is 1. The van der Waals surface area contributed by atoms with Crippen LogP contribution >= 0.6 is 11.3 Å². The molecule has 0 radical (unpaired) electrons. The van der Waals surface area contributed by atoms with Gasteiger partial charge in [0.15, 0.2) is 5.13 Å². The molecule has 1 N–H and O–H groups in total. The molecule has 1 fully saturated rings.